The van der Waals surface area contributed by atoms with Crippen molar-refractivity contribution in [2.24, 2.45) is 0 Å². The van der Waals surface area contributed by atoms with Gasteiger partial charge in [0, 0.05) is 36.3 Å². The van der Waals surface area contributed by atoms with Crippen molar-refractivity contribution in [3.8, 4) is 5.82 Å². The number of pyridine rings is 1. The molecule has 0 bridgehead atoms. The van der Waals surface area contributed by atoms with Gasteiger partial charge in [0.15, 0.2) is 5.82 Å². The summed E-state index contributed by atoms with van der Waals surface area (Å²) in [6.45, 7) is 5.14. The summed E-state index contributed by atoms with van der Waals surface area (Å²) in [6, 6.07) is 5.43. The van der Waals surface area contributed by atoms with Gasteiger partial charge in [0.25, 0.3) is 0 Å². The molecule has 7 nitrogen and oxygen atoms in total. The molecule has 8 heteroatoms. The standard InChI is InChI=1S/C16H19ClN6O/c1-11-13(12(2)22(20-11)8-9-24)10-19-15-5-7-23(21-15)16-14(17)4-3-6-18-16/h3-7,24H,8-10H2,1-2H3,(H,19,21). The van der Waals surface area contributed by atoms with Crippen LogP contribution in [-0.2, 0) is 13.1 Å². The quantitative estimate of drug-likeness (QED) is 0.716. The summed E-state index contributed by atoms with van der Waals surface area (Å²) in [4.78, 5) is 4.24. The molecule has 0 saturated carbocycles. The Morgan fingerprint density at radius 1 is 1.25 bits per heavy atom. The highest BCUT2D eigenvalue weighted by Gasteiger charge is 2.12. The van der Waals surface area contributed by atoms with Crippen LogP contribution in [0.25, 0.3) is 5.82 Å². The summed E-state index contributed by atoms with van der Waals surface area (Å²) in [5.41, 5.74) is 3.09. The van der Waals surface area contributed by atoms with Crippen LogP contribution in [0.2, 0.25) is 5.02 Å². The second-order valence-electron chi connectivity index (χ2n) is 5.40. The van der Waals surface area contributed by atoms with Gasteiger partial charge in [0.05, 0.1) is 23.9 Å². The van der Waals surface area contributed by atoms with E-state index < -0.39 is 0 Å². The molecule has 0 radical (unpaired) electrons. The second-order valence-corrected chi connectivity index (χ2v) is 5.81. The third-order valence-electron chi connectivity index (χ3n) is 3.83. The first-order valence-electron chi connectivity index (χ1n) is 7.64. The van der Waals surface area contributed by atoms with E-state index >= 15 is 0 Å². The zero-order valence-electron chi connectivity index (χ0n) is 13.6. The van der Waals surface area contributed by atoms with E-state index in [2.05, 4.69) is 20.5 Å². The Labute approximate surface area is 144 Å². The number of aliphatic hydroxyl groups is 1. The molecule has 0 atom stereocenters. The van der Waals surface area contributed by atoms with Crippen molar-refractivity contribution < 1.29 is 5.11 Å². The van der Waals surface area contributed by atoms with Crippen molar-refractivity contribution in [1.29, 1.82) is 0 Å². The van der Waals surface area contributed by atoms with Gasteiger partial charge in [-0.3, -0.25) is 4.68 Å². The molecule has 3 rings (SSSR count). The topological polar surface area (TPSA) is 80.8 Å². The van der Waals surface area contributed by atoms with Crippen molar-refractivity contribution in [2.75, 3.05) is 11.9 Å². The lowest BCUT2D eigenvalue weighted by Gasteiger charge is -2.05. The lowest BCUT2D eigenvalue weighted by molar-refractivity contribution is 0.268. The van der Waals surface area contributed by atoms with Gasteiger partial charge in [-0.2, -0.15) is 5.10 Å². The first-order valence-corrected chi connectivity index (χ1v) is 8.02. The van der Waals surface area contributed by atoms with Crippen LogP contribution in [0.4, 0.5) is 5.82 Å². The van der Waals surface area contributed by atoms with Gasteiger partial charge in [-0.1, -0.05) is 11.6 Å². The van der Waals surface area contributed by atoms with E-state index in [0.717, 1.165) is 22.8 Å². The highest BCUT2D eigenvalue weighted by atomic mass is 35.5. The summed E-state index contributed by atoms with van der Waals surface area (Å²) in [5, 5.41) is 21.8. The number of anilines is 1. The van der Waals surface area contributed by atoms with E-state index in [4.69, 9.17) is 16.7 Å². The lowest BCUT2D eigenvalue weighted by Crippen LogP contribution is -2.07. The predicted molar refractivity (Wildman–Crippen MR) is 92.5 cm³/mol. The molecular formula is C16H19ClN6O. The molecule has 3 heterocycles. The Morgan fingerprint density at radius 3 is 2.83 bits per heavy atom. The Kier molecular flexibility index (Phi) is 4.82. The molecule has 0 aliphatic carbocycles. The molecule has 0 amide bonds. The number of hydrogen-bond donors (Lipinski definition) is 2. The maximum absolute atomic E-state index is 9.08. The number of halogens is 1. The molecule has 126 valence electrons. The van der Waals surface area contributed by atoms with Crippen LogP contribution >= 0.6 is 11.6 Å². The van der Waals surface area contributed by atoms with Crippen LogP contribution in [0.15, 0.2) is 30.6 Å². The fourth-order valence-electron chi connectivity index (χ4n) is 2.56. The van der Waals surface area contributed by atoms with Gasteiger partial charge in [0.1, 0.15) is 5.82 Å². The molecule has 24 heavy (non-hydrogen) atoms. The molecule has 3 aromatic heterocycles. The zero-order chi connectivity index (χ0) is 17.1. The summed E-state index contributed by atoms with van der Waals surface area (Å²) in [7, 11) is 0. The van der Waals surface area contributed by atoms with Crippen molar-refractivity contribution in [3.63, 3.8) is 0 Å². The number of aromatic nitrogens is 5. The number of aryl methyl sites for hydroxylation is 1. The molecule has 0 aromatic carbocycles. The lowest BCUT2D eigenvalue weighted by atomic mass is 10.2. The smallest absolute Gasteiger partial charge is 0.172 e. The van der Waals surface area contributed by atoms with E-state index in [1.54, 1.807) is 23.0 Å². The Balaban J connectivity index is 1.74. The summed E-state index contributed by atoms with van der Waals surface area (Å²) >= 11 is 6.14. The number of nitrogens with one attached hydrogen (secondary N) is 1. The van der Waals surface area contributed by atoms with Crippen LogP contribution in [0.1, 0.15) is 17.0 Å². The van der Waals surface area contributed by atoms with Crippen molar-refractivity contribution in [3.05, 3.63) is 52.6 Å². The fourth-order valence-corrected chi connectivity index (χ4v) is 2.77. The second kappa shape index (κ2) is 7.02. The molecule has 0 saturated heterocycles. The third kappa shape index (κ3) is 3.27. The van der Waals surface area contributed by atoms with E-state index in [-0.39, 0.29) is 6.61 Å². The molecule has 0 fully saturated rings. The van der Waals surface area contributed by atoms with Crippen molar-refractivity contribution >= 4 is 17.4 Å². The van der Waals surface area contributed by atoms with Crippen LogP contribution in [-0.4, -0.2) is 36.3 Å². The van der Waals surface area contributed by atoms with Gasteiger partial charge in [-0.05, 0) is 26.0 Å². The SMILES string of the molecule is Cc1nn(CCO)c(C)c1CNc1ccn(-c2ncccc2Cl)n1. The van der Waals surface area contributed by atoms with Crippen LogP contribution in [0.5, 0.6) is 0 Å². The first-order chi connectivity index (χ1) is 11.6. The molecule has 0 aliphatic heterocycles. The van der Waals surface area contributed by atoms with Gasteiger partial charge in [-0.15, -0.1) is 5.10 Å². The average Bonchev–Trinajstić information content (AvgIpc) is 3.12. The summed E-state index contributed by atoms with van der Waals surface area (Å²) in [5.74, 6) is 1.32. The minimum absolute atomic E-state index is 0.0735. The van der Waals surface area contributed by atoms with Gasteiger partial charge in [-0.25, -0.2) is 9.67 Å². The zero-order valence-corrected chi connectivity index (χ0v) is 14.3. The Bertz CT molecular complexity index is 841. The average molecular weight is 347 g/mol. The molecule has 0 spiro atoms. The van der Waals surface area contributed by atoms with Crippen LogP contribution in [0.3, 0.4) is 0 Å². The predicted octanol–water partition coefficient (Wildman–Crippen LogP) is 2.34. The molecule has 2 N–H and O–H groups in total. The largest absolute Gasteiger partial charge is 0.394 e. The van der Waals surface area contributed by atoms with E-state index in [0.29, 0.717) is 23.9 Å². The maximum atomic E-state index is 9.08. The molecule has 0 unspecified atom stereocenters. The maximum Gasteiger partial charge on any atom is 0.172 e. The summed E-state index contributed by atoms with van der Waals surface area (Å²) < 4.78 is 3.46. The molecule has 0 aliphatic rings. The molecule has 3 aromatic rings. The van der Waals surface area contributed by atoms with Crippen LogP contribution in [0, 0.1) is 13.8 Å². The van der Waals surface area contributed by atoms with E-state index in [9.17, 15) is 0 Å². The minimum Gasteiger partial charge on any atom is -0.394 e. The Morgan fingerprint density at radius 2 is 2.08 bits per heavy atom. The van der Waals surface area contributed by atoms with Gasteiger partial charge >= 0.3 is 0 Å². The summed E-state index contributed by atoms with van der Waals surface area (Å²) in [6.07, 6.45) is 3.49. The first kappa shape index (κ1) is 16.5. The van der Waals surface area contributed by atoms with Crippen molar-refractivity contribution in [2.45, 2.75) is 26.9 Å². The minimum atomic E-state index is 0.0735. The van der Waals surface area contributed by atoms with Crippen LogP contribution < -0.4 is 5.32 Å². The highest BCUT2D eigenvalue weighted by molar-refractivity contribution is 6.32. The molecular weight excluding hydrogens is 328 g/mol. The third-order valence-corrected chi connectivity index (χ3v) is 4.13. The normalized spacial score (nSPS) is 11.0. The van der Waals surface area contributed by atoms with Gasteiger partial charge < -0.3 is 10.4 Å². The number of aliphatic hydroxyl groups excluding tert-OH is 1. The monoisotopic (exact) mass is 346 g/mol. The van der Waals surface area contributed by atoms with Crippen molar-refractivity contribution in [1.82, 2.24) is 24.5 Å². The highest BCUT2D eigenvalue weighted by Crippen LogP contribution is 2.19. The Hall–Kier alpha value is -2.38. The van der Waals surface area contributed by atoms with E-state index in [1.807, 2.05) is 30.8 Å². The van der Waals surface area contributed by atoms with Gasteiger partial charge in [0.2, 0.25) is 0 Å². The van der Waals surface area contributed by atoms with E-state index in [1.165, 1.54) is 0 Å². The fraction of sp³-hybridized carbons (Fsp3) is 0.312. The number of hydrogen-bond acceptors (Lipinski definition) is 5. The number of nitrogens with zero attached hydrogens (tertiary/aromatic N) is 5. The number of rotatable bonds is 6.